The van der Waals surface area contributed by atoms with Crippen molar-refractivity contribution >= 4 is 10.0 Å². The maximum Gasteiger partial charge on any atom is 0.260 e. The van der Waals surface area contributed by atoms with Crippen molar-refractivity contribution in [3.8, 4) is 0 Å². The highest BCUT2D eigenvalue weighted by Crippen LogP contribution is 2.16. The van der Waals surface area contributed by atoms with Crippen LogP contribution in [0.5, 0.6) is 0 Å². The van der Waals surface area contributed by atoms with E-state index in [4.69, 9.17) is 4.74 Å². The van der Waals surface area contributed by atoms with Crippen LogP contribution in [0.1, 0.15) is 13.3 Å². The first kappa shape index (κ1) is 11.6. The number of nitrogens with one attached hydrogen (secondary N) is 1. The predicted molar refractivity (Wildman–Crippen MR) is 57.4 cm³/mol. The number of H-pyrrole nitrogens is 1. The smallest absolute Gasteiger partial charge is 0.260 e. The Kier molecular flexibility index (Phi) is 3.27. The molecular weight excluding hydrogens is 230 g/mol. The van der Waals surface area contributed by atoms with Gasteiger partial charge in [-0.05, 0) is 19.4 Å². The van der Waals surface area contributed by atoms with E-state index < -0.39 is 10.0 Å². The van der Waals surface area contributed by atoms with E-state index >= 15 is 0 Å². The fourth-order valence-electron chi connectivity index (χ4n) is 1.70. The summed E-state index contributed by atoms with van der Waals surface area (Å²) in [7, 11) is -3.44. The number of aromatic amines is 1. The molecule has 1 fully saturated rings. The third-order valence-electron chi connectivity index (χ3n) is 2.51. The van der Waals surface area contributed by atoms with Crippen LogP contribution in [0.15, 0.2) is 17.3 Å². The molecule has 0 aliphatic carbocycles. The summed E-state index contributed by atoms with van der Waals surface area (Å²) in [5.74, 6) is 0. The van der Waals surface area contributed by atoms with Crippen LogP contribution in [0.25, 0.3) is 0 Å². The summed E-state index contributed by atoms with van der Waals surface area (Å²) in [5.41, 5.74) is 0. The standard InChI is InChI=1S/C9H15N3O3S/c1-8-7-12(5-2-6-15-8)16(13,14)9-3-4-10-11-9/h3-4,8H,2,5-7H2,1H3,(H,10,11). The zero-order valence-electron chi connectivity index (χ0n) is 9.09. The van der Waals surface area contributed by atoms with Gasteiger partial charge in [-0.3, -0.25) is 5.10 Å². The van der Waals surface area contributed by atoms with Crippen LogP contribution in [-0.2, 0) is 14.8 Å². The van der Waals surface area contributed by atoms with Gasteiger partial charge in [0.2, 0.25) is 0 Å². The van der Waals surface area contributed by atoms with E-state index in [9.17, 15) is 8.42 Å². The summed E-state index contributed by atoms with van der Waals surface area (Å²) in [6.07, 6.45) is 2.09. The summed E-state index contributed by atoms with van der Waals surface area (Å²) < 4.78 is 31.1. The minimum absolute atomic E-state index is 0.0693. The minimum atomic E-state index is -3.44. The van der Waals surface area contributed by atoms with Crippen molar-refractivity contribution in [3.63, 3.8) is 0 Å². The molecule has 0 radical (unpaired) electrons. The lowest BCUT2D eigenvalue weighted by Gasteiger charge is -2.20. The lowest BCUT2D eigenvalue weighted by Crippen LogP contribution is -2.36. The Morgan fingerprint density at radius 3 is 3.12 bits per heavy atom. The number of sulfonamides is 1. The van der Waals surface area contributed by atoms with E-state index in [0.717, 1.165) is 6.42 Å². The van der Waals surface area contributed by atoms with Crippen LogP contribution in [0, 0.1) is 0 Å². The van der Waals surface area contributed by atoms with Crippen LogP contribution < -0.4 is 0 Å². The second kappa shape index (κ2) is 4.52. The third kappa shape index (κ3) is 2.26. The Morgan fingerprint density at radius 2 is 2.44 bits per heavy atom. The Balaban J connectivity index is 2.23. The highest BCUT2D eigenvalue weighted by atomic mass is 32.2. The average molecular weight is 245 g/mol. The molecule has 2 heterocycles. The number of nitrogens with zero attached hydrogens (tertiary/aromatic N) is 2. The Bertz CT molecular complexity index is 429. The zero-order chi connectivity index (χ0) is 11.6. The Hall–Kier alpha value is -0.920. The maximum atomic E-state index is 12.1. The van der Waals surface area contributed by atoms with Gasteiger partial charge in [-0.25, -0.2) is 8.42 Å². The molecule has 90 valence electrons. The van der Waals surface area contributed by atoms with E-state index in [0.29, 0.717) is 19.7 Å². The van der Waals surface area contributed by atoms with Crippen LogP contribution in [0.2, 0.25) is 0 Å². The molecule has 0 aromatic carbocycles. The number of ether oxygens (including phenoxy) is 1. The molecular formula is C9H15N3O3S. The molecule has 7 heteroatoms. The van der Waals surface area contributed by atoms with Crippen molar-refractivity contribution < 1.29 is 13.2 Å². The van der Waals surface area contributed by atoms with Crippen molar-refractivity contribution in [1.29, 1.82) is 0 Å². The van der Waals surface area contributed by atoms with E-state index in [1.54, 1.807) is 0 Å². The molecule has 0 amide bonds. The first-order valence-electron chi connectivity index (χ1n) is 5.22. The first-order valence-corrected chi connectivity index (χ1v) is 6.66. The summed E-state index contributed by atoms with van der Waals surface area (Å²) in [5, 5.41) is 6.29. The number of hydrogen-bond acceptors (Lipinski definition) is 4. The first-order chi connectivity index (χ1) is 7.60. The van der Waals surface area contributed by atoms with Crippen LogP contribution in [0.3, 0.4) is 0 Å². The topological polar surface area (TPSA) is 75.3 Å². The highest BCUT2D eigenvalue weighted by Gasteiger charge is 2.28. The third-order valence-corrected chi connectivity index (χ3v) is 4.30. The van der Waals surface area contributed by atoms with Gasteiger partial charge in [-0.15, -0.1) is 0 Å². The molecule has 0 spiro atoms. The van der Waals surface area contributed by atoms with E-state index in [1.165, 1.54) is 16.6 Å². The second-order valence-corrected chi connectivity index (χ2v) is 5.73. The van der Waals surface area contributed by atoms with Gasteiger partial charge in [0.05, 0.1) is 12.3 Å². The molecule has 1 saturated heterocycles. The summed E-state index contributed by atoms with van der Waals surface area (Å²) in [6.45, 7) is 3.37. The minimum Gasteiger partial charge on any atom is -0.377 e. The van der Waals surface area contributed by atoms with Gasteiger partial charge in [0.15, 0.2) is 5.03 Å². The molecule has 0 saturated carbocycles. The van der Waals surface area contributed by atoms with Crippen molar-refractivity contribution in [3.05, 3.63) is 12.3 Å². The zero-order valence-corrected chi connectivity index (χ0v) is 9.90. The van der Waals surface area contributed by atoms with Crippen molar-refractivity contribution in [2.24, 2.45) is 0 Å². The number of rotatable bonds is 2. The van der Waals surface area contributed by atoms with Gasteiger partial charge >= 0.3 is 0 Å². The largest absolute Gasteiger partial charge is 0.377 e. The van der Waals surface area contributed by atoms with Crippen molar-refractivity contribution in [1.82, 2.24) is 14.5 Å². The lowest BCUT2D eigenvalue weighted by molar-refractivity contribution is 0.0752. The van der Waals surface area contributed by atoms with Gasteiger partial charge in [0.1, 0.15) is 0 Å². The predicted octanol–water partition coefficient (Wildman–Crippen LogP) is 0.209. The number of aromatic nitrogens is 2. The summed E-state index contributed by atoms with van der Waals surface area (Å²) in [6, 6.07) is 1.46. The molecule has 1 aliphatic rings. The SMILES string of the molecule is CC1CN(S(=O)(=O)c2ccn[nH]2)CCCO1. The van der Waals surface area contributed by atoms with Gasteiger partial charge in [0.25, 0.3) is 10.0 Å². The fraction of sp³-hybridized carbons (Fsp3) is 0.667. The van der Waals surface area contributed by atoms with Gasteiger partial charge < -0.3 is 4.74 Å². The molecule has 1 aromatic heterocycles. The van der Waals surface area contributed by atoms with E-state index in [2.05, 4.69) is 10.2 Å². The van der Waals surface area contributed by atoms with Crippen LogP contribution >= 0.6 is 0 Å². The maximum absolute atomic E-state index is 12.1. The van der Waals surface area contributed by atoms with E-state index in [1.807, 2.05) is 6.92 Å². The van der Waals surface area contributed by atoms with Crippen LogP contribution in [0.4, 0.5) is 0 Å². The van der Waals surface area contributed by atoms with Gasteiger partial charge in [0, 0.05) is 19.7 Å². The van der Waals surface area contributed by atoms with Crippen molar-refractivity contribution in [2.75, 3.05) is 19.7 Å². The molecule has 1 aliphatic heterocycles. The Morgan fingerprint density at radius 1 is 1.62 bits per heavy atom. The molecule has 0 bridgehead atoms. The van der Waals surface area contributed by atoms with Crippen LogP contribution in [-0.4, -0.2) is 48.7 Å². The fourth-order valence-corrected chi connectivity index (χ4v) is 3.16. The highest BCUT2D eigenvalue weighted by molar-refractivity contribution is 7.89. The van der Waals surface area contributed by atoms with Gasteiger partial charge in [-0.2, -0.15) is 9.40 Å². The number of hydrogen-bond donors (Lipinski definition) is 1. The molecule has 2 rings (SSSR count). The summed E-state index contributed by atoms with van der Waals surface area (Å²) in [4.78, 5) is 0. The molecule has 1 atom stereocenters. The second-order valence-electron chi connectivity index (χ2n) is 3.82. The Labute approximate surface area is 94.6 Å². The molecule has 1 unspecified atom stereocenters. The lowest BCUT2D eigenvalue weighted by atomic mass is 10.4. The normalized spacial score (nSPS) is 24.2. The molecule has 16 heavy (non-hydrogen) atoms. The molecule has 1 N–H and O–H groups in total. The molecule has 1 aromatic rings. The molecule has 6 nitrogen and oxygen atoms in total. The summed E-state index contributed by atoms with van der Waals surface area (Å²) >= 11 is 0. The monoisotopic (exact) mass is 245 g/mol. The van der Waals surface area contributed by atoms with Gasteiger partial charge in [-0.1, -0.05) is 0 Å². The average Bonchev–Trinajstić information content (AvgIpc) is 2.68. The quantitative estimate of drug-likeness (QED) is 0.808. The van der Waals surface area contributed by atoms with Crippen molar-refractivity contribution in [2.45, 2.75) is 24.5 Å². The van der Waals surface area contributed by atoms with E-state index in [-0.39, 0.29) is 11.1 Å².